The van der Waals surface area contributed by atoms with Crippen molar-refractivity contribution in [2.75, 3.05) is 52.9 Å². The molecule has 0 bridgehead atoms. The van der Waals surface area contributed by atoms with Crippen LogP contribution in [0.3, 0.4) is 0 Å². The van der Waals surface area contributed by atoms with Crippen LogP contribution in [0.2, 0.25) is 0 Å². The molecule has 2 fully saturated rings. The van der Waals surface area contributed by atoms with Crippen molar-refractivity contribution in [2.45, 2.75) is 31.0 Å². The van der Waals surface area contributed by atoms with E-state index in [9.17, 15) is 13.2 Å². The van der Waals surface area contributed by atoms with Gasteiger partial charge in [-0.15, -0.1) is 0 Å². The van der Waals surface area contributed by atoms with Gasteiger partial charge < -0.3 is 14.4 Å². The molecule has 2 heterocycles. The summed E-state index contributed by atoms with van der Waals surface area (Å²) in [6.07, 6.45) is 0.0818. The predicted octanol–water partition coefficient (Wildman–Crippen LogP) is 0.637. The first-order valence-corrected chi connectivity index (χ1v) is 11.0. The first-order chi connectivity index (χ1) is 13.3. The molecule has 0 aromatic heterocycles. The zero-order valence-corrected chi connectivity index (χ0v) is 17.5. The molecule has 28 heavy (non-hydrogen) atoms. The zero-order valence-electron chi connectivity index (χ0n) is 16.7. The third-order valence-electron chi connectivity index (χ3n) is 5.16. The highest BCUT2D eigenvalue weighted by Crippen LogP contribution is 2.21. The van der Waals surface area contributed by atoms with Crippen LogP contribution < -0.4 is 4.74 Å². The van der Waals surface area contributed by atoms with Crippen LogP contribution in [0.5, 0.6) is 5.75 Å². The molecule has 9 heteroatoms. The molecule has 2 aliphatic heterocycles. The Balaban J connectivity index is 1.54. The number of methoxy groups -OCH3 is 1. The van der Waals surface area contributed by atoms with Crippen LogP contribution in [-0.4, -0.2) is 93.6 Å². The highest BCUT2D eigenvalue weighted by molar-refractivity contribution is 7.89. The molecule has 0 unspecified atom stereocenters. The van der Waals surface area contributed by atoms with Gasteiger partial charge in [0.2, 0.25) is 15.9 Å². The van der Waals surface area contributed by atoms with E-state index in [-0.39, 0.29) is 23.0 Å². The topological polar surface area (TPSA) is 79.4 Å². The first-order valence-electron chi connectivity index (χ1n) is 9.59. The molecule has 2 aliphatic rings. The normalized spacial score (nSPS) is 24.9. The van der Waals surface area contributed by atoms with Crippen molar-refractivity contribution in [1.29, 1.82) is 0 Å². The summed E-state index contributed by atoms with van der Waals surface area (Å²) in [5.41, 5.74) is 0. The Morgan fingerprint density at radius 2 is 1.64 bits per heavy atom. The molecule has 0 aliphatic carbocycles. The monoisotopic (exact) mass is 411 g/mol. The van der Waals surface area contributed by atoms with Crippen molar-refractivity contribution in [2.24, 2.45) is 0 Å². The van der Waals surface area contributed by atoms with Crippen LogP contribution >= 0.6 is 0 Å². The molecule has 8 nitrogen and oxygen atoms in total. The lowest BCUT2D eigenvalue weighted by molar-refractivity contribution is -0.144. The average Bonchev–Trinajstić information content (AvgIpc) is 2.67. The second-order valence-corrected chi connectivity index (χ2v) is 9.35. The van der Waals surface area contributed by atoms with Gasteiger partial charge in [-0.25, -0.2) is 8.42 Å². The molecule has 2 saturated heterocycles. The molecule has 0 saturated carbocycles. The van der Waals surface area contributed by atoms with E-state index in [1.54, 1.807) is 31.4 Å². The molecule has 0 radical (unpaired) electrons. The van der Waals surface area contributed by atoms with Gasteiger partial charge in [-0.3, -0.25) is 9.69 Å². The van der Waals surface area contributed by atoms with Crippen LogP contribution in [0.25, 0.3) is 0 Å². The Labute approximate surface area is 167 Å². The maximum atomic E-state index is 12.8. The van der Waals surface area contributed by atoms with Gasteiger partial charge >= 0.3 is 0 Å². The van der Waals surface area contributed by atoms with Crippen LogP contribution in [0.1, 0.15) is 13.8 Å². The van der Waals surface area contributed by atoms with Gasteiger partial charge in [-0.05, 0) is 38.1 Å². The highest BCUT2D eigenvalue weighted by atomic mass is 32.2. The summed E-state index contributed by atoms with van der Waals surface area (Å²) in [4.78, 5) is 16.7. The molecule has 1 amide bonds. The number of morpholine rings is 1. The molecule has 156 valence electrons. The standard InChI is InChI=1S/C19H29N3O5S/c1-15-12-21(13-16(2)27-15)19(23)14-20-8-10-22(11-9-20)28(24,25)18-6-4-17(26-3)5-7-18/h4-7,15-16H,8-14H2,1-3H3/t15-,16-/m1/s1. The Hall–Kier alpha value is -1.68. The van der Waals surface area contributed by atoms with E-state index >= 15 is 0 Å². The molecular formula is C19H29N3O5S. The van der Waals surface area contributed by atoms with E-state index in [1.165, 1.54) is 4.31 Å². The first kappa shape index (κ1) is 21.0. The minimum absolute atomic E-state index is 0.0409. The molecular weight excluding hydrogens is 382 g/mol. The number of rotatable bonds is 5. The number of amides is 1. The lowest BCUT2D eigenvalue weighted by atomic mass is 10.2. The summed E-state index contributed by atoms with van der Waals surface area (Å²) in [5.74, 6) is 0.697. The zero-order chi connectivity index (χ0) is 20.3. The summed E-state index contributed by atoms with van der Waals surface area (Å²) in [5, 5.41) is 0. The van der Waals surface area contributed by atoms with Crippen molar-refractivity contribution < 1.29 is 22.7 Å². The largest absolute Gasteiger partial charge is 0.497 e. The quantitative estimate of drug-likeness (QED) is 0.707. The summed E-state index contributed by atoms with van der Waals surface area (Å²) in [6, 6.07) is 6.41. The maximum Gasteiger partial charge on any atom is 0.243 e. The number of sulfonamides is 1. The lowest BCUT2D eigenvalue weighted by Crippen LogP contribution is -2.54. The molecule has 2 atom stereocenters. The minimum atomic E-state index is -3.53. The summed E-state index contributed by atoms with van der Waals surface area (Å²) < 4.78 is 37.9. The van der Waals surface area contributed by atoms with Crippen LogP contribution in [0, 0.1) is 0 Å². The van der Waals surface area contributed by atoms with Gasteiger partial charge in [0.15, 0.2) is 0 Å². The van der Waals surface area contributed by atoms with Crippen LogP contribution in [0.15, 0.2) is 29.2 Å². The average molecular weight is 412 g/mol. The fraction of sp³-hybridized carbons (Fsp3) is 0.632. The van der Waals surface area contributed by atoms with Crippen molar-refractivity contribution >= 4 is 15.9 Å². The maximum absolute atomic E-state index is 12.8. The number of piperazine rings is 1. The number of ether oxygens (including phenoxy) is 2. The van der Waals surface area contributed by atoms with Crippen molar-refractivity contribution in [3.63, 3.8) is 0 Å². The van der Waals surface area contributed by atoms with Gasteiger partial charge in [0.25, 0.3) is 0 Å². The van der Waals surface area contributed by atoms with Gasteiger partial charge in [-0.1, -0.05) is 0 Å². The number of hydrogen-bond acceptors (Lipinski definition) is 6. The van der Waals surface area contributed by atoms with Gasteiger partial charge in [0.05, 0.1) is 30.8 Å². The third-order valence-corrected chi connectivity index (χ3v) is 7.07. The number of hydrogen-bond donors (Lipinski definition) is 0. The van der Waals surface area contributed by atoms with E-state index in [2.05, 4.69) is 0 Å². The Kier molecular flexibility index (Phi) is 6.59. The summed E-state index contributed by atoms with van der Waals surface area (Å²) in [6.45, 7) is 7.29. The molecule has 0 N–H and O–H groups in total. The van der Waals surface area contributed by atoms with Gasteiger partial charge in [-0.2, -0.15) is 4.31 Å². The fourth-order valence-corrected chi connectivity index (χ4v) is 5.12. The van der Waals surface area contributed by atoms with Crippen molar-refractivity contribution in [1.82, 2.24) is 14.1 Å². The minimum Gasteiger partial charge on any atom is -0.497 e. The number of carbonyl (C=O) groups excluding carboxylic acids is 1. The van der Waals surface area contributed by atoms with Gasteiger partial charge in [0.1, 0.15) is 5.75 Å². The van der Waals surface area contributed by atoms with E-state index in [0.29, 0.717) is 51.6 Å². The SMILES string of the molecule is COc1ccc(S(=O)(=O)N2CCN(CC(=O)N3C[C@@H](C)O[C@H](C)C3)CC2)cc1. The van der Waals surface area contributed by atoms with E-state index < -0.39 is 10.0 Å². The Morgan fingerprint density at radius 3 is 2.18 bits per heavy atom. The highest BCUT2D eigenvalue weighted by Gasteiger charge is 2.31. The fourth-order valence-electron chi connectivity index (χ4n) is 3.70. The summed E-state index contributed by atoms with van der Waals surface area (Å²) >= 11 is 0. The van der Waals surface area contributed by atoms with Crippen molar-refractivity contribution in [3.8, 4) is 5.75 Å². The summed E-state index contributed by atoms with van der Waals surface area (Å²) in [7, 11) is -1.99. The number of carbonyl (C=O) groups is 1. The van der Waals surface area contributed by atoms with Crippen LogP contribution in [-0.2, 0) is 19.6 Å². The molecule has 3 rings (SSSR count). The second kappa shape index (κ2) is 8.77. The Bertz CT molecular complexity index is 765. The molecule has 1 aromatic rings. The van der Waals surface area contributed by atoms with Crippen LogP contribution in [0.4, 0.5) is 0 Å². The van der Waals surface area contributed by atoms with E-state index in [1.807, 2.05) is 23.6 Å². The van der Waals surface area contributed by atoms with E-state index in [4.69, 9.17) is 9.47 Å². The number of nitrogens with zero attached hydrogens (tertiary/aromatic N) is 3. The molecule has 0 spiro atoms. The van der Waals surface area contributed by atoms with E-state index in [0.717, 1.165) is 0 Å². The number of benzene rings is 1. The smallest absolute Gasteiger partial charge is 0.243 e. The predicted molar refractivity (Wildman–Crippen MR) is 105 cm³/mol. The third kappa shape index (κ3) is 4.83. The van der Waals surface area contributed by atoms with Gasteiger partial charge in [0, 0.05) is 39.3 Å². The Morgan fingerprint density at radius 1 is 1.07 bits per heavy atom. The van der Waals surface area contributed by atoms with Crippen molar-refractivity contribution in [3.05, 3.63) is 24.3 Å². The molecule has 1 aromatic carbocycles. The second-order valence-electron chi connectivity index (χ2n) is 7.41. The lowest BCUT2D eigenvalue weighted by Gasteiger charge is -2.38.